The number of hydrogen-bond donors (Lipinski definition) is 2. The quantitative estimate of drug-likeness (QED) is 0.673. The van der Waals surface area contributed by atoms with Gasteiger partial charge in [-0.25, -0.2) is 4.79 Å². The third kappa shape index (κ3) is 6.06. The standard InChI is InChI=1S/C19H27N3O3/c1-6-8-16(25-18(20)24)15-11-14(9-10-21-15)19(4,5)12-22-17(23)13(3)7-2/h6-7,9-11,13,16H,1-2,8,12H2,3-5H3,(H2,20,24)(H,22,23)/t13?,16-/m0/s1. The van der Waals surface area contributed by atoms with E-state index in [1.807, 2.05) is 26.0 Å². The Morgan fingerprint density at radius 3 is 2.68 bits per heavy atom. The van der Waals surface area contributed by atoms with Gasteiger partial charge in [-0.2, -0.15) is 0 Å². The van der Waals surface area contributed by atoms with Crippen LogP contribution in [0.3, 0.4) is 0 Å². The van der Waals surface area contributed by atoms with Crippen LogP contribution < -0.4 is 11.1 Å². The Morgan fingerprint density at radius 2 is 2.12 bits per heavy atom. The van der Waals surface area contributed by atoms with Crippen LogP contribution in [0.4, 0.5) is 4.79 Å². The third-order valence-corrected chi connectivity index (χ3v) is 4.00. The second-order valence-electron chi connectivity index (χ2n) is 6.55. The van der Waals surface area contributed by atoms with E-state index in [1.165, 1.54) is 0 Å². The number of aromatic nitrogens is 1. The van der Waals surface area contributed by atoms with Crippen molar-refractivity contribution in [1.29, 1.82) is 0 Å². The summed E-state index contributed by atoms with van der Waals surface area (Å²) in [6, 6.07) is 3.74. The molecule has 0 aliphatic carbocycles. The minimum absolute atomic E-state index is 0.0704. The summed E-state index contributed by atoms with van der Waals surface area (Å²) >= 11 is 0. The number of primary amides is 1. The molecule has 0 saturated carbocycles. The zero-order chi connectivity index (χ0) is 19.0. The fraction of sp³-hybridized carbons (Fsp3) is 0.421. The highest BCUT2D eigenvalue weighted by Gasteiger charge is 2.24. The molecule has 6 nitrogen and oxygen atoms in total. The molecule has 0 aliphatic rings. The van der Waals surface area contributed by atoms with Gasteiger partial charge in [-0.05, 0) is 17.7 Å². The molecule has 1 rings (SSSR count). The largest absolute Gasteiger partial charge is 0.440 e. The number of rotatable bonds is 9. The molecule has 0 saturated heterocycles. The van der Waals surface area contributed by atoms with Crippen molar-refractivity contribution in [2.45, 2.75) is 38.7 Å². The van der Waals surface area contributed by atoms with Crippen LogP contribution in [-0.2, 0) is 14.9 Å². The van der Waals surface area contributed by atoms with Crippen LogP contribution >= 0.6 is 0 Å². The Labute approximate surface area is 149 Å². The topological polar surface area (TPSA) is 94.3 Å². The van der Waals surface area contributed by atoms with Crippen molar-refractivity contribution in [3.63, 3.8) is 0 Å². The van der Waals surface area contributed by atoms with E-state index in [4.69, 9.17) is 10.5 Å². The van der Waals surface area contributed by atoms with Gasteiger partial charge in [0, 0.05) is 24.6 Å². The van der Waals surface area contributed by atoms with Gasteiger partial charge in [-0.1, -0.05) is 32.9 Å². The van der Waals surface area contributed by atoms with Crippen LogP contribution in [0.1, 0.15) is 44.6 Å². The molecule has 1 unspecified atom stereocenters. The van der Waals surface area contributed by atoms with Crippen molar-refractivity contribution < 1.29 is 14.3 Å². The molecule has 0 aromatic carbocycles. The lowest BCUT2D eigenvalue weighted by atomic mass is 9.84. The lowest BCUT2D eigenvalue weighted by Gasteiger charge is -2.27. The van der Waals surface area contributed by atoms with E-state index in [-0.39, 0.29) is 17.2 Å². The maximum Gasteiger partial charge on any atom is 0.405 e. The molecule has 6 heteroatoms. The lowest BCUT2D eigenvalue weighted by molar-refractivity contribution is -0.123. The molecule has 1 aromatic heterocycles. The predicted molar refractivity (Wildman–Crippen MR) is 97.9 cm³/mol. The van der Waals surface area contributed by atoms with Crippen molar-refractivity contribution in [2.24, 2.45) is 11.7 Å². The van der Waals surface area contributed by atoms with Crippen LogP contribution in [0.5, 0.6) is 0 Å². The van der Waals surface area contributed by atoms with Gasteiger partial charge in [-0.15, -0.1) is 13.2 Å². The van der Waals surface area contributed by atoms with E-state index in [0.29, 0.717) is 18.7 Å². The van der Waals surface area contributed by atoms with Crippen molar-refractivity contribution >= 4 is 12.0 Å². The number of hydrogen-bond acceptors (Lipinski definition) is 4. The maximum atomic E-state index is 12.0. The van der Waals surface area contributed by atoms with Crippen molar-refractivity contribution in [2.75, 3.05) is 6.54 Å². The SMILES string of the molecule is C=CC[C@H](OC(N)=O)c1cc(C(C)(C)CNC(=O)C(C)C=C)ccn1. The van der Waals surface area contributed by atoms with Gasteiger partial charge >= 0.3 is 6.09 Å². The van der Waals surface area contributed by atoms with Crippen LogP contribution in [0, 0.1) is 5.92 Å². The second-order valence-corrected chi connectivity index (χ2v) is 6.55. The van der Waals surface area contributed by atoms with Gasteiger partial charge in [0.1, 0.15) is 6.10 Å². The van der Waals surface area contributed by atoms with Crippen molar-refractivity contribution in [3.8, 4) is 0 Å². The van der Waals surface area contributed by atoms with E-state index in [1.54, 1.807) is 25.3 Å². The summed E-state index contributed by atoms with van der Waals surface area (Å²) in [5, 5.41) is 2.93. The Kier molecular flexibility index (Phi) is 7.36. The molecule has 0 fully saturated rings. The van der Waals surface area contributed by atoms with E-state index >= 15 is 0 Å². The van der Waals surface area contributed by atoms with Crippen LogP contribution in [0.15, 0.2) is 43.6 Å². The number of carbonyl (C=O) groups excluding carboxylic acids is 2. The summed E-state index contributed by atoms with van der Waals surface area (Å²) < 4.78 is 5.11. The van der Waals surface area contributed by atoms with E-state index in [0.717, 1.165) is 5.56 Å². The molecule has 2 amide bonds. The van der Waals surface area contributed by atoms with Gasteiger partial charge in [0.25, 0.3) is 0 Å². The Bertz CT molecular complexity index is 641. The number of nitrogens with one attached hydrogen (secondary N) is 1. The summed E-state index contributed by atoms with van der Waals surface area (Å²) in [5.74, 6) is -0.316. The molecule has 1 heterocycles. The minimum Gasteiger partial charge on any atom is -0.440 e. The van der Waals surface area contributed by atoms with Crippen LogP contribution in [-0.4, -0.2) is 23.5 Å². The smallest absolute Gasteiger partial charge is 0.405 e. The van der Waals surface area contributed by atoms with Gasteiger partial charge in [0.15, 0.2) is 0 Å². The van der Waals surface area contributed by atoms with E-state index in [2.05, 4.69) is 23.5 Å². The molecule has 0 spiro atoms. The van der Waals surface area contributed by atoms with Gasteiger partial charge in [0.2, 0.25) is 5.91 Å². The normalized spacial score (nSPS) is 13.4. The molecule has 0 bridgehead atoms. The molecule has 0 aliphatic heterocycles. The molecule has 136 valence electrons. The van der Waals surface area contributed by atoms with Crippen molar-refractivity contribution in [1.82, 2.24) is 10.3 Å². The summed E-state index contributed by atoms with van der Waals surface area (Å²) in [6.45, 7) is 13.6. The summed E-state index contributed by atoms with van der Waals surface area (Å²) in [7, 11) is 0. The number of pyridine rings is 1. The van der Waals surface area contributed by atoms with Gasteiger partial charge in [0.05, 0.1) is 11.6 Å². The Hall–Kier alpha value is -2.63. The molecule has 3 N–H and O–H groups in total. The second kappa shape index (κ2) is 9.01. The molecule has 25 heavy (non-hydrogen) atoms. The first-order valence-electron chi connectivity index (χ1n) is 8.15. The fourth-order valence-electron chi connectivity index (χ4n) is 2.24. The van der Waals surface area contributed by atoms with Gasteiger partial charge < -0.3 is 15.8 Å². The monoisotopic (exact) mass is 345 g/mol. The zero-order valence-electron chi connectivity index (χ0n) is 15.1. The van der Waals surface area contributed by atoms with Crippen LogP contribution in [0.2, 0.25) is 0 Å². The number of nitrogens with zero attached hydrogens (tertiary/aromatic N) is 1. The number of amides is 2. The highest BCUT2D eigenvalue weighted by atomic mass is 16.6. The molecular formula is C19H27N3O3. The lowest BCUT2D eigenvalue weighted by Crippen LogP contribution is -2.38. The fourth-order valence-corrected chi connectivity index (χ4v) is 2.24. The first-order chi connectivity index (χ1) is 11.7. The number of nitrogens with two attached hydrogens (primary N) is 1. The van der Waals surface area contributed by atoms with E-state index < -0.39 is 12.2 Å². The van der Waals surface area contributed by atoms with Crippen LogP contribution in [0.25, 0.3) is 0 Å². The first-order valence-corrected chi connectivity index (χ1v) is 8.15. The molecule has 1 aromatic rings. The van der Waals surface area contributed by atoms with Gasteiger partial charge in [-0.3, -0.25) is 9.78 Å². The Morgan fingerprint density at radius 1 is 1.44 bits per heavy atom. The third-order valence-electron chi connectivity index (χ3n) is 4.00. The predicted octanol–water partition coefficient (Wildman–Crippen LogP) is 3.01. The number of ether oxygens (including phenoxy) is 1. The molecule has 2 atom stereocenters. The summed E-state index contributed by atoms with van der Waals surface area (Å²) in [4.78, 5) is 27.3. The molecule has 0 radical (unpaired) electrons. The molecular weight excluding hydrogens is 318 g/mol. The van der Waals surface area contributed by atoms with Crippen molar-refractivity contribution in [3.05, 3.63) is 54.9 Å². The van der Waals surface area contributed by atoms with E-state index in [9.17, 15) is 9.59 Å². The Balaban J connectivity index is 2.96. The zero-order valence-corrected chi connectivity index (χ0v) is 15.1. The summed E-state index contributed by atoms with van der Waals surface area (Å²) in [5.41, 5.74) is 6.35. The highest BCUT2D eigenvalue weighted by Crippen LogP contribution is 2.27. The average molecular weight is 345 g/mol. The summed E-state index contributed by atoms with van der Waals surface area (Å²) in [6.07, 6.45) is 3.87. The maximum absolute atomic E-state index is 12.0. The highest BCUT2D eigenvalue weighted by molar-refractivity contribution is 5.79. The average Bonchev–Trinajstić information content (AvgIpc) is 2.58. The number of carbonyl (C=O) groups is 2. The minimum atomic E-state index is -0.857. The first kappa shape index (κ1) is 20.4.